The van der Waals surface area contributed by atoms with Gasteiger partial charge in [0.05, 0.1) is 42.5 Å². The van der Waals surface area contributed by atoms with Gasteiger partial charge in [0, 0.05) is 0 Å². The van der Waals surface area contributed by atoms with Crippen LogP contribution in [0.15, 0.2) is 206 Å². The molecule has 0 unspecified atom stereocenters. The highest BCUT2D eigenvalue weighted by molar-refractivity contribution is 6.02. The summed E-state index contributed by atoms with van der Waals surface area (Å²) in [4.78, 5) is 48.0. The maximum absolute atomic E-state index is 12.5. The summed E-state index contributed by atoms with van der Waals surface area (Å²) in [6.07, 6.45) is 0.269. The van der Waals surface area contributed by atoms with E-state index in [1.807, 2.05) is 133 Å². The Bertz CT molecular complexity index is 2930. The number of aromatic carboxylic acids is 1. The molecule has 0 aliphatic rings. The van der Waals surface area contributed by atoms with Crippen LogP contribution in [0, 0.1) is 0 Å². The van der Waals surface area contributed by atoms with E-state index in [1.165, 1.54) is 13.2 Å². The predicted molar refractivity (Wildman–Crippen MR) is 263 cm³/mol. The van der Waals surface area contributed by atoms with E-state index in [4.69, 9.17) is 23.7 Å². The number of carbonyl (C=O) groups is 4. The van der Waals surface area contributed by atoms with Crippen molar-refractivity contribution in [3.05, 3.63) is 240 Å². The molecule has 0 radical (unpaired) electrons. The van der Waals surface area contributed by atoms with Gasteiger partial charge in [0.15, 0.2) is 0 Å². The molecule has 2 amide bonds. The first-order chi connectivity index (χ1) is 33.7. The van der Waals surface area contributed by atoms with Crippen LogP contribution in [0.1, 0.15) is 43.0 Å². The van der Waals surface area contributed by atoms with Crippen LogP contribution in [0.3, 0.4) is 0 Å². The maximum Gasteiger partial charge on any atom is 0.339 e. The van der Waals surface area contributed by atoms with Gasteiger partial charge in [-0.25, -0.2) is 9.59 Å². The Hall–Kier alpha value is -9.16. The highest BCUT2D eigenvalue weighted by atomic mass is 16.5. The lowest BCUT2D eigenvalue weighted by molar-refractivity contribution is -0.116. The van der Waals surface area contributed by atoms with Crippen molar-refractivity contribution < 1.29 is 48.0 Å². The lowest BCUT2D eigenvalue weighted by atomic mass is 10.1. The average Bonchev–Trinajstić information content (AvgIpc) is 3.38. The molecule has 12 nitrogen and oxygen atoms in total. The number of nitrogens with one attached hydrogen (secondary N) is 2. The van der Waals surface area contributed by atoms with Crippen molar-refractivity contribution in [3.63, 3.8) is 0 Å². The maximum atomic E-state index is 12.5. The molecule has 12 heteroatoms. The van der Waals surface area contributed by atoms with Gasteiger partial charge in [0.2, 0.25) is 11.8 Å². The monoisotopic (exact) mass is 920 g/mol. The molecule has 3 N–H and O–H groups in total. The van der Waals surface area contributed by atoms with Gasteiger partial charge in [-0.15, -0.1) is 0 Å². The molecule has 8 aromatic carbocycles. The van der Waals surface area contributed by atoms with E-state index in [-0.39, 0.29) is 35.9 Å². The molecule has 0 fully saturated rings. The fraction of sp³-hybridized carbons (Fsp3) is 0.0877. The molecule has 0 saturated carbocycles. The molecule has 8 rings (SSSR count). The van der Waals surface area contributed by atoms with Crippen LogP contribution in [0.5, 0.6) is 34.5 Å². The van der Waals surface area contributed by atoms with E-state index in [0.29, 0.717) is 47.5 Å². The minimum Gasteiger partial charge on any atom is -0.489 e. The fourth-order valence-corrected chi connectivity index (χ4v) is 6.73. The Morgan fingerprint density at radius 3 is 1.12 bits per heavy atom. The number of hydrogen-bond donors (Lipinski definition) is 3. The van der Waals surface area contributed by atoms with Gasteiger partial charge in [-0.1, -0.05) is 109 Å². The minimum atomic E-state index is -1.09. The lowest BCUT2D eigenvalue weighted by Crippen LogP contribution is -2.17. The number of esters is 1. The van der Waals surface area contributed by atoms with Crippen LogP contribution in [0.4, 0.5) is 11.4 Å². The Morgan fingerprint density at radius 2 is 0.725 bits per heavy atom. The second kappa shape index (κ2) is 24.4. The van der Waals surface area contributed by atoms with Gasteiger partial charge in [-0.05, 0) is 119 Å². The summed E-state index contributed by atoms with van der Waals surface area (Å²) in [6, 6.07) is 62.2. The lowest BCUT2D eigenvalue weighted by Gasteiger charge is -2.10. The minimum absolute atomic E-state index is 0.0519. The first-order valence-electron chi connectivity index (χ1n) is 21.8. The zero-order valence-corrected chi connectivity index (χ0v) is 37.6. The van der Waals surface area contributed by atoms with Gasteiger partial charge < -0.3 is 39.4 Å². The third kappa shape index (κ3) is 14.9. The van der Waals surface area contributed by atoms with Crippen LogP contribution in [-0.4, -0.2) is 36.0 Å². The van der Waals surface area contributed by atoms with Gasteiger partial charge in [0.1, 0.15) is 47.7 Å². The molecular formula is C57H48N2O10. The van der Waals surface area contributed by atoms with E-state index in [2.05, 4.69) is 10.6 Å². The highest BCUT2D eigenvalue weighted by Gasteiger charge is 2.15. The third-order valence-electron chi connectivity index (χ3n) is 10.2. The Kier molecular flexibility index (Phi) is 16.9. The molecule has 0 heterocycles. The van der Waals surface area contributed by atoms with E-state index in [1.54, 1.807) is 66.7 Å². The predicted octanol–water partition coefficient (Wildman–Crippen LogP) is 12.0. The van der Waals surface area contributed by atoms with Gasteiger partial charge in [0.25, 0.3) is 0 Å². The first-order valence-corrected chi connectivity index (χ1v) is 21.8. The molecule has 0 saturated heterocycles. The normalized spacial score (nSPS) is 10.3. The molecule has 0 spiro atoms. The van der Waals surface area contributed by atoms with Crippen molar-refractivity contribution in [2.45, 2.75) is 26.1 Å². The van der Waals surface area contributed by atoms with Crippen LogP contribution in [-0.2, 0) is 40.4 Å². The fourth-order valence-electron chi connectivity index (χ4n) is 6.73. The third-order valence-corrected chi connectivity index (χ3v) is 10.2. The largest absolute Gasteiger partial charge is 0.489 e. The van der Waals surface area contributed by atoms with Crippen LogP contribution >= 0.6 is 0 Å². The summed E-state index contributed by atoms with van der Waals surface area (Å²) < 4.78 is 28.1. The summed E-state index contributed by atoms with van der Waals surface area (Å²) >= 11 is 0. The number of carboxylic acids is 1. The van der Waals surface area contributed by atoms with E-state index in [9.17, 15) is 24.3 Å². The number of amides is 2. The zero-order valence-electron chi connectivity index (χ0n) is 37.6. The summed E-state index contributed by atoms with van der Waals surface area (Å²) in [5.74, 6) is 2.03. The van der Waals surface area contributed by atoms with Crippen molar-refractivity contribution >= 4 is 35.1 Å². The SMILES string of the molecule is COC(=O)c1ccccc1NC(=O)Cc1ccc(Oc2ccc(OCc3ccccc3)cc2)cc1.O=C(Cc1ccc(Oc2ccc(OCc3ccccc3)cc2)cc1)Nc1ccccc1C(=O)O. The zero-order chi connectivity index (χ0) is 48.2. The molecule has 0 atom stereocenters. The Labute approximate surface area is 399 Å². The second-order valence-electron chi connectivity index (χ2n) is 15.3. The van der Waals surface area contributed by atoms with Crippen LogP contribution < -0.4 is 29.6 Å². The van der Waals surface area contributed by atoms with Crippen molar-refractivity contribution in [2.75, 3.05) is 17.7 Å². The Balaban J connectivity index is 0.000000204. The summed E-state index contributed by atoms with van der Waals surface area (Å²) in [5.41, 5.74) is 4.85. The van der Waals surface area contributed by atoms with E-state index >= 15 is 0 Å². The summed E-state index contributed by atoms with van der Waals surface area (Å²) in [7, 11) is 1.30. The number of carboxylic acid groups (broad SMARTS) is 1. The van der Waals surface area contributed by atoms with Crippen molar-refractivity contribution in [3.8, 4) is 34.5 Å². The number of ether oxygens (including phenoxy) is 5. The van der Waals surface area contributed by atoms with Gasteiger partial charge in [-0.2, -0.15) is 0 Å². The first kappa shape index (κ1) is 47.8. The molecule has 0 aliphatic heterocycles. The Morgan fingerprint density at radius 1 is 0.391 bits per heavy atom. The molecule has 0 aromatic heterocycles. The molecule has 0 aliphatic carbocycles. The van der Waals surface area contributed by atoms with Crippen LogP contribution in [0.25, 0.3) is 0 Å². The number of methoxy groups -OCH3 is 1. The number of benzene rings is 8. The smallest absolute Gasteiger partial charge is 0.339 e. The molecule has 8 aromatic rings. The van der Waals surface area contributed by atoms with E-state index in [0.717, 1.165) is 33.8 Å². The molecule has 69 heavy (non-hydrogen) atoms. The standard InChI is InChI=1S/C29H25NO5.C28H23NO5/c1-33-29(32)26-9-5-6-10-27(26)30-28(31)19-21-11-13-24(14-12-21)35-25-17-15-23(16-18-25)34-20-22-7-3-2-4-8-22;30-27(29-26-9-5-4-8-25(26)28(31)32)18-20-10-12-23(13-11-20)34-24-16-14-22(15-17-24)33-19-21-6-2-1-3-7-21/h2-18H,19-20H2,1H3,(H,30,31);1-17H,18-19H2,(H,29,30)(H,31,32). The molecular weight excluding hydrogens is 873 g/mol. The molecule has 346 valence electrons. The average molecular weight is 921 g/mol. The van der Waals surface area contributed by atoms with Crippen molar-refractivity contribution in [2.24, 2.45) is 0 Å². The quantitative estimate of drug-likeness (QED) is 0.0707. The summed E-state index contributed by atoms with van der Waals surface area (Å²) in [6.45, 7) is 1.00. The molecule has 0 bridgehead atoms. The number of rotatable bonds is 18. The highest BCUT2D eigenvalue weighted by Crippen LogP contribution is 2.27. The summed E-state index contributed by atoms with van der Waals surface area (Å²) in [5, 5.41) is 14.7. The number of anilines is 2. The van der Waals surface area contributed by atoms with Gasteiger partial charge in [-0.3, -0.25) is 9.59 Å². The second-order valence-corrected chi connectivity index (χ2v) is 15.3. The number of para-hydroxylation sites is 2. The van der Waals surface area contributed by atoms with Crippen LogP contribution in [0.2, 0.25) is 0 Å². The topological polar surface area (TPSA) is 159 Å². The van der Waals surface area contributed by atoms with E-state index < -0.39 is 11.9 Å². The van der Waals surface area contributed by atoms with Crippen molar-refractivity contribution in [1.82, 2.24) is 0 Å². The number of carbonyl (C=O) groups excluding carboxylic acids is 3. The van der Waals surface area contributed by atoms with Crippen molar-refractivity contribution in [1.29, 1.82) is 0 Å². The number of hydrogen-bond acceptors (Lipinski definition) is 9. The van der Waals surface area contributed by atoms with Gasteiger partial charge >= 0.3 is 11.9 Å².